The van der Waals surface area contributed by atoms with Crippen molar-refractivity contribution in [2.45, 2.75) is 63.5 Å². The fourth-order valence-electron chi connectivity index (χ4n) is 4.05. The first-order valence-electron chi connectivity index (χ1n) is 9.48. The molecule has 1 aliphatic carbocycles. The predicted octanol–water partition coefficient (Wildman–Crippen LogP) is 1.78. The summed E-state index contributed by atoms with van der Waals surface area (Å²) in [4.78, 5) is 24.0. The molecule has 0 bridgehead atoms. The second-order valence-corrected chi connectivity index (χ2v) is 7.33. The second-order valence-electron chi connectivity index (χ2n) is 7.33. The molecule has 4 N–H and O–H groups in total. The van der Waals surface area contributed by atoms with E-state index in [1.807, 2.05) is 10.9 Å². The number of primary amides is 1. The highest BCUT2D eigenvalue weighted by molar-refractivity contribution is 5.92. The van der Waals surface area contributed by atoms with Crippen LogP contribution in [0.25, 0.3) is 0 Å². The van der Waals surface area contributed by atoms with Crippen molar-refractivity contribution in [3.05, 3.63) is 18.0 Å². The number of halogens is 1. The van der Waals surface area contributed by atoms with E-state index < -0.39 is 0 Å². The van der Waals surface area contributed by atoms with Gasteiger partial charge >= 0.3 is 0 Å². The van der Waals surface area contributed by atoms with Crippen molar-refractivity contribution >= 4 is 24.2 Å². The van der Waals surface area contributed by atoms with Crippen molar-refractivity contribution in [1.29, 1.82) is 0 Å². The molecule has 7 nitrogen and oxygen atoms in total. The third-order valence-electron chi connectivity index (χ3n) is 5.44. The summed E-state index contributed by atoms with van der Waals surface area (Å²) in [7, 11) is 0. The molecular weight excluding hydrogens is 354 g/mol. The van der Waals surface area contributed by atoms with E-state index in [1.54, 1.807) is 6.07 Å². The lowest BCUT2D eigenvalue weighted by molar-refractivity contribution is -0.118. The van der Waals surface area contributed by atoms with E-state index >= 15 is 0 Å². The van der Waals surface area contributed by atoms with E-state index in [1.165, 1.54) is 6.42 Å². The lowest BCUT2D eigenvalue weighted by atomic mass is 9.82. The van der Waals surface area contributed by atoms with Crippen LogP contribution < -0.4 is 16.4 Å². The van der Waals surface area contributed by atoms with Gasteiger partial charge in [-0.3, -0.25) is 14.3 Å². The Bertz CT molecular complexity index is 594. The second kappa shape index (κ2) is 9.92. The molecular formula is C18H30ClN5O2. The number of nitrogens with zero attached hydrogens (tertiary/aromatic N) is 2. The lowest BCUT2D eigenvalue weighted by Gasteiger charge is -2.30. The standard InChI is InChI=1S/C18H29N5O2.ClH/c19-17(24)11-16(13-5-2-1-3-6-13)21-18(25)15-8-10-23(22-15)14-7-4-9-20-12-14;/h8,10,13-14,16,20H,1-7,9,11-12H2,(H2,19,24)(H,21,25);1H. The normalized spacial score (nSPS) is 22.2. The van der Waals surface area contributed by atoms with Gasteiger partial charge in [0.1, 0.15) is 5.69 Å². The molecule has 2 fully saturated rings. The van der Waals surface area contributed by atoms with Crippen molar-refractivity contribution in [2.24, 2.45) is 11.7 Å². The van der Waals surface area contributed by atoms with Crippen molar-refractivity contribution < 1.29 is 9.59 Å². The van der Waals surface area contributed by atoms with Gasteiger partial charge in [-0.25, -0.2) is 0 Å². The van der Waals surface area contributed by atoms with Crippen LogP contribution >= 0.6 is 12.4 Å². The van der Waals surface area contributed by atoms with E-state index in [2.05, 4.69) is 15.7 Å². The van der Waals surface area contributed by atoms with E-state index in [9.17, 15) is 9.59 Å². The van der Waals surface area contributed by atoms with E-state index in [0.29, 0.717) is 17.7 Å². The highest BCUT2D eigenvalue weighted by Gasteiger charge is 2.27. The average Bonchev–Trinajstić information content (AvgIpc) is 3.12. The van der Waals surface area contributed by atoms with Gasteiger partial charge in [0.25, 0.3) is 5.91 Å². The molecule has 2 heterocycles. The summed E-state index contributed by atoms with van der Waals surface area (Å²) in [6, 6.07) is 1.87. The number of piperidine rings is 1. The third-order valence-corrected chi connectivity index (χ3v) is 5.44. The molecule has 1 saturated carbocycles. The Balaban J connectivity index is 0.00000243. The maximum Gasteiger partial charge on any atom is 0.272 e. The topological polar surface area (TPSA) is 102 Å². The largest absolute Gasteiger partial charge is 0.370 e. The highest BCUT2D eigenvalue weighted by atomic mass is 35.5. The number of carbonyl (C=O) groups is 2. The summed E-state index contributed by atoms with van der Waals surface area (Å²) in [5, 5.41) is 10.8. The molecule has 1 aromatic heterocycles. The van der Waals surface area contributed by atoms with Gasteiger partial charge < -0.3 is 16.4 Å². The third kappa shape index (κ3) is 5.45. The van der Waals surface area contributed by atoms with Crippen molar-refractivity contribution in [3.8, 4) is 0 Å². The molecule has 146 valence electrons. The highest BCUT2D eigenvalue weighted by Crippen LogP contribution is 2.28. The van der Waals surface area contributed by atoms with Gasteiger partial charge in [-0.05, 0) is 44.2 Å². The minimum Gasteiger partial charge on any atom is -0.370 e. The van der Waals surface area contributed by atoms with Gasteiger partial charge in [-0.15, -0.1) is 12.4 Å². The van der Waals surface area contributed by atoms with Crippen LogP contribution in [0.3, 0.4) is 0 Å². The van der Waals surface area contributed by atoms with Crippen LogP contribution in [0.15, 0.2) is 12.3 Å². The van der Waals surface area contributed by atoms with Crippen LogP contribution in [0.1, 0.15) is 67.9 Å². The Morgan fingerprint density at radius 1 is 1.27 bits per heavy atom. The zero-order valence-corrected chi connectivity index (χ0v) is 16.0. The van der Waals surface area contributed by atoms with Crippen LogP contribution in [0.5, 0.6) is 0 Å². The molecule has 2 atom stereocenters. The first-order valence-corrected chi connectivity index (χ1v) is 9.48. The minimum absolute atomic E-state index is 0. The summed E-state index contributed by atoms with van der Waals surface area (Å²) in [6.07, 6.45) is 9.88. The molecule has 3 rings (SSSR count). The lowest BCUT2D eigenvalue weighted by Crippen LogP contribution is -2.43. The van der Waals surface area contributed by atoms with E-state index in [4.69, 9.17) is 5.73 Å². The molecule has 2 unspecified atom stereocenters. The number of rotatable bonds is 6. The minimum atomic E-state index is -0.366. The van der Waals surface area contributed by atoms with Crippen LogP contribution in [0, 0.1) is 5.92 Å². The van der Waals surface area contributed by atoms with Crippen molar-refractivity contribution in [1.82, 2.24) is 20.4 Å². The van der Waals surface area contributed by atoms with Gasteiger partial charge in [-0.1, -0.05) is 19.3 Å². The zero-order chi connectivity index (χ0) is 17.6. The Labute approximate surface area is 160 Å². The summed E-state index contributed by atoms with van der Waals surface area (Å²) in [5.74, 6) is -0.246. The molecule has 1 aliphatic heterocycles. The van der Waals surface area contributed by atoms with Crippen molar-refractivity contribution in [2.75, 3.05) is 13.1 Å². The number of hydrogen-bond acceptors (Lipinski definition) is 4. The molecule has 0 aromatic carbocycles. The first kappa shape index (κ1) is 20.7. The SMILES string of the molecule is Cl.NC(=O)CC(NC(=O)c1ccn(C2CCCNC2)n1)C1CCCCC1. The first-order chi connectivity index (χ1) is 12.1. The van der Waals surface area contributed by atoms with E-state index in [0.717, 1.165) is 51.6 Å². The van der Waals surface area contributed by atoms with Crippen LogP contribution in [0.4, 0.5) is 0 Å². The summed E-state index contributed by atoms with van der Waals surface area (Å²) in [6.45, 7) is 1.93. The number of aromatic nitrogens is 2. The van der Waals surface area contributed by atoms with Gasteiger partial charge in [0.15, 0.2) is 0 Å². The molecule has 0 radical (unpaired) electrons. The Morgan fingerprint density at radius 2 is 2.04 bits per heavy atom. The predicted molar refractivity (Wildman–Crippen MR) is 102 cm³/mol. The molecule has 2 amide bonds. The number of amides is 2. The fraction of sp³-hybridized carbons (Fsp3) is 0.722. The summed E-state index contributed by atoms with van der Waals surface area (Å²) >= 11 is 0. The molecule has 0 spiro atoms. The smallest absolute Gasteiger partial charge is 0.272 e. The maximum absolute atomic E-state index is 12.6. The van der Waals surface area contributed by atoms with Gasteiger partial charge in [0, 0.05) is 25.2 Å². The Morgan fingerprint density at radius 3 is 2.69 bits per heavy atom. The van der Waals surface area contributed by atoms with Crippen LogP contribution in [-0.4, -0.2) is 40.7 Å². The molecule has 26 heavy (non-hydrogen) atoms. The molecule has 1 saturated heterocycles. The van der Waals surface area contributed by atoms with Crippen LogP contribution in [0.2, 0.25) is 0 Å². The Hall–Kier alpha value is -1.60. The monoisotopic (exact) mass is 383 g/mol. The molecule has 2 aliphatic rings. The molecule has 8 heteroatoms. The van der Waals surface area contributed by atoms with Gasteiger partial charge in [0.05, 0.1) is 6.04 Å². The quantitative estimate of drug-likeness (QED) is 0.696. The Kier molecular flexibility index (Phi) is 7.90. The number of hydrogen-bond donors (Lipinski definition) is 3. The van der Waals surface area contributed by atoms with Gasteiger partial charge in [-0.2, -0.15) is 5.10 Å². The zero-order valence-electron chi connectivity index (χ0n) is 15.2. The number of nitrogens with two attached hydrogens (primary N) is 1. The number of carbonyl (C=O) groups excluding carboxylic acids is 2. The maximum atomic E-state index is 12.6. The van der Waals surface area contributed by atoms with Gasteiger partial charge in [0.2, 0.25) is 5.91 Å². The molecule has 1 aromatic rings. The average molecular weight is 384 g/mol. The van der Waals surface area contributed by atoms with Crippen molar-refractivity contribution in [3.63, 3.8) is 0 Å². The van der Waals surface area contributed by atoms with E-state index in [-0.39, 0.29) is 36.7 Å². The van der Waals surface area contributed by atoms with Crippen LogP contribution in [-0.2, 0) is 4.79 Å². The summed E-state index contributed by atoms with van der Waals surface area (Å²) < 4.78 is 1.88. The number of nitrogens with one attached hydrogen (secondary N) is 2. The summed E-state index contributed by atoms with van der Waals surface area (Å²) in [5.41, 5.74) is 5.81. The fourth-order valence-corrected chi connectivity index (χ4v) is 4.05.